The predicted molar refractivity (Wildman–Crippen MR) is 92.4 cm³/mol. The number of carbonyl (C=O) groups excluding carboxylic acids is 2. The number of hydrogen-bond acceptors (Lipinski definition) is 3. The lowest BCUT2D eigenvalue weighted by Gasteiger charge is -2.18. The first-order chi connectivity index (χ1) is 11.0. The van der Waals surface area contributed by atoms with Crippen LogP contribution in [0.15, 0.2) is 53.0 Å². The lowest BCUT2D eigenvalue weighted by Crippen LogP contribution is -2.30. The zero-order valence-electron chi connectivity index (χ0n) is 12.9. The van der Waals surface area contributed by atoms with Gasteiger partial charge in [-0.3, -0.25) is 0 Å². The first-order valence-electron chi connectivity index (χ1n) is 6.94. The molecule has 23 heavy (non-hydrogen) atoms. The number of amides is 2. The van der Waals surface area contributed by atoms with Crippen LogP contribution >= 0.6 is 15.9 Å². The Balaban J connectivity index is 2.00. The molecule has 0 aromatic heterocycles. The lowest BCUT2D eigenvalue weighted by molar-refractivity contribution is 0.0600. The maximum Gasteiger partial charge on any atom is 0.337 e. The fourth-order valence-electron chi connectivity index (χ4n) is 2.01. The molecule has 6 heteroatoms. The third-order valence-electron chi connectivity index (χ3n) is 3.21. The molecule has 0 saturated carbocycles. The van der Waals surface area contributed by atoms with E-state index in [2.05, 4.69) is 21.2 Å². The number of carbonyl (C=O) groups is 2. The first kappa shape index (κ1) is 17.0. The normalized spacial score (nSPS) is 10.0. The molecule has 2 rings (SSSR count). The van der Waals surface area contributed by atoms with Crippen LogP contribution in [0.3, 0.4) is 0 Å². The maximum atomic E-state index is 12.2. The summed E-state index contributed by atoms with van der Waals surface area (Å²) in [7, 11) is 3.03. The summed E-state index contributed by atoms with van der Waals surface area (Å²) in [5.41, 5.74) is 2.03. The number of halogens is 1. The SMILES string of the molecule is COC(=O)c1cccc(CN(C)C(=O)Nc2ccc(Br)cc2)c1. The minimum absolute atomic E-state index is 0.226. The van der Waals surface area contributed by atoms with Gasteiger partial charge < -0.3 is 15.0 Å². The van der Waals surface area contributed by atoms with E-state index < -0.39 is 5.97 Å². The molecule has 0 aliphatic heterocycles. The van der Waals surface area contributed by atoms with Crippen LogP contribution in [0.2, 0.25) is 0 Å². The Morgan fingerprint density at radius 3 is 2.52 bits per heavy atom. The van der Waals surface area contributed by atoms with Crippen LogP contribution < -0.4 is 5.32 Å². The zero-order valence-corrected chi connectivity index (χ0v) is 14.5. The minimum atomic E-state index is -0.395. The van der Waals surface area contributed by atoms with Crippen molar-refractivity contribution in [3.63, 3.8) is 0 Å². The van der Waals surface area contributed by atoms with Crippen molar-refractivity contribution < 1.29 is 14.3 Å². The third-order valence-corrected chi connectivity index (χ3v) is 3.74. The minimum Gasteiger partial charge on any atom is -0.465 e. The average Bonchev–Trinajstić information content (AvgIpc) is 2.56. The molecular weight excluding hydrogens is 360 g/mol. The van der Waals surface area contributed by atoms with Gasteiger partial charge in [0.1, 0.15) is 0 Å². The van der Waals surface area contributed by atoms with Gasteiger partial charge in [0.15, 0.2) is 0 Å². The van der Waals surface area contributed by atoms with Gasteiger partial charge in [-0.25, -0.2) is 9.59 Å². The van der Waals surface area contributed by atoms with Crippen molar-refractivity contribution in [1.82, 2.24) is 4.90 Å². The molecule has 0 saturated heterocycles. The second-order valence-corrected chi connectivity index (χ2v) is 5.90. The van der Waals surface area contributed by atoms with Crippen molar-refractivity contribution in [3.05, 3.63) is 64.1 Å². The molecule has 0 spiro atoms. The zero-order chi connectivity index (χ0) is 16.8. The van der Waals surface area contributed by atoms with Gasteiger partial charge in [-0.15, -0.1) is 0 Å². The summed E-state index contributed by atoms with van der Waals surface area (Å²) in [6.07, 6.45) is 0. The fourth-order valence-corrected chi connectivity index (χ4v) is 2.28. The van der Waals surface area contributed by atoms with Gasteiger partial charge in [0.2, 0.25) is 0 Å². The maximum absolute atomic E-state index is 12.2. The van der Waals surface area contributed by atoms with Crippen molar-refractivity contribution >= 4 is 33.6 Å². The number of methoxy groups -OCH3 is 1. The fraction of sp³-hybridized carbons (Fsp3) is 0.176. The number of nitrogens with zero attached hydrogens (tertiary/aromatic N) is 1. The summed E-state index contributed by atoms with van der Waals surface area (Å²) in [4.78, 5) is 25.3. The Kier molecular flexibility index (Phi) is 5.76. The Hall–Kier alpha value is -2.34. The van der Waals surface area contributed by atoms with Gasteiger partial charge in [0.05, 0.1) is 12.7 Å². The van der Waals surface area contributed by atoms with Crippen LogP contribution in [0.5, 0.6) is 0 Å². The highest BCUT2D eigenvalue weighted by molar-refractivity contribution is 9.10. The highest BCUT2D eigenvalue weighted by Crippen LogP contribution is 2.15. The summed E-state index contributed by atoms with van der Waals surface area (Å²) in [6.45, 7) is 0.382. The smallest absolute Gasteiger partial charge is 0.337 e. The number of ether oxygens (including phenoxy) is 1. The molecule has 0 unspecified atom stereocenters. The second-order valence-electron chi connectivity index (χ2n) is 4.99. The van der Waals surface area contributed by atoms with Gasteiger partial charge in [-0.2, -0.15) is 0 Å². The summed E-state index contributed by atoms with van der Waals surface area (Å²) in [6, 6.07) is 14.1. The Morgan fingerprint density at radius 1 is 1.17 bits per heavy atom. The number of rotatable bonds is 4. The summed E-state index contributed by atoms with van der Waals surface area (Å²) in [5.74, 6) is -0.395. The van der Waals surface area contributed by atoms with Gasteiger partial charge >= 0.3 is 12.0 Å². The quantitative estimate of drug-likeness (QED) is 0.823. The van der Waals surface area contributed by atoms with E-state index in [4.69, 9.17) is 4.74 Å². The monoisotopic (exact) mass is 376 g/mol. The molecule has 2 aromatic carbocycles. The molecule has 1 N–H and O–H groups in total. The van der Waals surface area contributed by atoms with Crippen LogP contribution in [0.4, 0.5) is 10.5 Å². The molecule has 120 valence electrons. The topological polar surface area (TPSA) is 58.6 Å². The molecule has 0 fully saturated rings. The van der Waals surface area contributed by atoms with E-state index in [-0.39, 0.29) is 6.03 Å². The van der Waals surface area contributed by atoms with Gasteiger partial charge in [0.25, 0.3) is 0 Å². The number of esters is 1. The van der Waals surface area contributed by atoms with Crippen LogP contribution in [0.1, 0.15) is 15.9 Å². The summed E-state index contributed by atoms with van der Waals surface area (Å²) in [5, 5.41) is 2.81. The number of urea groups is 1. The largest absolute Gasteiger partial charge is 0.465 e. The van der Waals surface area contributed by atoms with Crippen molar-refractivity contribution in [2.24, 2.45) is 0 Å². The third kappa shape index (κ3) is 4.82. The first-order valence-corrected chi connectivity index (χ1v) is 7.74. The average molecular weight is 377 g/mol. The van der Waals surface area contributed by atoms with E-state index in [1.165, 1.54) is 7.11 Å². The molecule has 0 bridgehead atoms. The van der Waals surface area contributed by atoms with Crippen LogP contribution in [0.25, 0.3) is 0 Å². The Morgan fingerprint density at radius 2 is 1.87 bits per heavy atom. The molecule has 2 amide bonds. The lowest BCUT2D eigenvalue weighted by atomic mass is 10.1. The van der Waals surface area contributed by atoms with Crippen LogP contribution in [-0.2, 0) is 11.3 Å². The standard InChI is InChI=1S/C17H17BrN2O3/c1-20(17(22)19-15-8-6-14(18)7-9-15)11-12-4-3-5-13(10-12)16(21)23-2/h3-10H,11H2,1-2H3,(H,19,22). The van der Waals surface area contributed by atoms with Gasteiger partial charge in [0, 0.05) is 23.8 Å². The van der Waals surface area contributed by atoms with Crippen LogP contribution in [-0.4, -0.2) is 31.1 Å². The molecule has 0 heterocycles. The molecule has 0 radical (unpaired) electrons. The molecule has 0 aliphatic rings. The molecular formula is C17H17BrN2O3. The van der Waals surface area contributed by atoms with Gasteiger partial charge in [-0.1, -0.05) is 28.1 Å². The van der Waals surface area contributed by atoms with Crippen molar-refractivity contribution in [2.45, 2.75) is 6.54 Å². The highest BCUT2D eigenvalue weighted by atomic mass is 79.9. The molecule has 2 aromatic rings. The molecule has 5 nitrogen and oxygen atoms in total. The Bertz CT molecular complexity index is 701. The van der Waals surface area contributed by atoms with E-state index >= 15 is 0 Å². The van der Waals surface area contributed by atoms with E-state index in [1.54, 1.807) is 30.1 Å². The van der Waals surface area contributed by atoms with Crippen molar-refractivity contribution in [3.8, 4) is 0 Å². The van der Waals surface area contributed by atoms with E-state index in [0.717, 1.165) is 10.0 Å². The number of nitrogens with one attached hydrogen (secondary N) is 1. The Labute approximate surface area is 143 Å². The summed E-state index contributed by atoms with van der Waals surface area (Å²) >= 11 is 3.35. The molecule has 0 aliphatic carbocycles. The number of benzene rings is 2. The van der Waals surface area contributed by atoms with Crippen molar-refractivity contribution in [1.29, 1.82) is 0 Å². The molecule has 0 atom stereocenters. The number of hydrogen-bond donors (Lipinski definition) is 1. The highest BCUT2D eigenvalue weighted by Gasteiger charge is 2.11. The van der Waals surface area contributed by atoms with E-state index in [9.17, 15) is 9.59 Å². The van der Waals surface area contributed by atoms with E-state index in [1.807, 2.05) is 30.3 Å². The van der Waals surface area contributed by atoms with Crippen molar-refractivity contribution in [2.75, 3.05) is 19.5 Å². The summed E-state index contributed by atoms with van der Waals surface area (Å²) < 4.78 is 5.64. The second kappa shape index (κ2) is 7.78. The van der Waals surface area contributed by atoms with Crippen LogP contribution in [0, 0.1) is 0 Å². The van der Waals surface area contributed by atoms with E-state index in [0.29, 0.717) is 17.8 Å². The number of anilines is 1. The predicted octanol–water partition coefficient (Wildman–Crippen LogP) is 3.90. The van der Waals surface area contributed by atoms with Gasteiger partial charge in [-0.05, 0) is 42.0 Å².